The summed E-state index contributed by atoms with van der Waals surface area (Å²) in [5, 5.41) is 4.76. The zero-order chi connectivity index (χ0) is 14.9. The van der Waals surface area contributed by atoms with Gasteiger partial charge in [0, 0.05) is 20.5 Å². The van der Waals surface area contributed by atoms with Gasteiger partial charge < -0.3 is 5.32 Å². The van der Waals surface area contributed by atoms with Crippen molar-refractivity contribution < 1.29 is 0 Å². The normalized spacial score (nSPS) is 13.3. The second-order valence-corrected chi connectivity index (χ2v) is 7.95. The van der Waals surface area contributed by atoms with Gasteiger partial charge >= 0.3 is 0 Å². The number of halogens is 1. The minimum Gasteiger partial charge on any atom is -0.377 e. The lowest BCUT2D eigenvalue weighted by Crippen LogP contribution is -2.10. The van der Waals surface area contributed by atoms with E-state index in [0.29, 0.717) is 0 Å². The van der Waals surface area contributed by atoms with Gasteiger partial charge in [-0.05, 0) is 41.9 Å². The quantitative estimate of drug-likeness (QED) is 0.767. The van der Waals surface area contributed by atoms with Gasteiger partial charge in [-0.3, -0.25) is 0 Å². The van der Waals surface area contributed by atoms with E-state index >= 15 is 0 Å². The summed E-state index contributed by atoms with van der Waals surface area (Å²) in [5.41, 5.74) is 2.36. The lowest BCUT2D eigenvalue weighted by molar-refractivity contribution is 0.584. The molecule has 1 aromatic heterocycles. The highest BCUT2D eigenvalue weighted by Gasteiger charge is 2.22. The molecular weight excluding hydrogens is 332 g/mol. The number of hydrogen-bond donors (Lipinski definition) is 1. The van der Waals surface area contributed by atoms with E-state index in [2.05, 4.69) is 68.0 Å². The van der Waals surface area contributed by atoms with E-state index in [4.69, 9.17) is 4.98 Å². The van der Waals surface area contributed by atoms with Crippen LogP contribution in [0, 0.1) is 6.92 Å². The average molecular weight is 353 g/mol. The Hall–Kier alpha value is -0.870. The van der Waals surface area contributed by atoms with Crippen LogP contribution in [0.15, 0.2) is 28.7 Å². The average Bonchev–Trinajstić information content (AvgIpc) is 2.74. The summed E-state index contributed by atoms with van der Waals surface area (Å²) in [6, 6.07) is 8.45. The number of nitrogens with zero attached hydrogens (tertiary/aromatic N) is 1. The lowest BCUT2D eigenvalue weighted by atomic mass is 9.98. The summed E-state index contributed by atoms with van der Waals surface area (Å²) in [4.78, 5) is 6.04. The Morgan fingerprint density at radius 3 is 2.45 bits per heavy atom. The van der Waals surface area contributed by atoms with Crippen molar-refractivity contribution in [3.8, 4) is 0 Å². The molecule has 1 heterocycles. The number of para-hydroxylation sites is 1. The molecule has 1 N–H and O–H groups in total. The molecule has 0 radical (unpaired) electrons. The number of thiazole rings is 1. The van der Waals surface area contributed by atoms with Crippen LogP contribution >= 0.6 is 27.3 Å². The molecule has 0 bridgehead atoms. The number of benzene rings is 1. The number of anilines is 1. The molecule has 1 atom stereocenters. The lowest BCUT2D eigenvalue weighted by Gasteiger charge is -2.16. The maximum Gasteiger partial charge on any atom is 0.0985 e. The van der Waals surface area contributed by atoms with Crippen molar-refractivity contribution in [2.75, 3.05) is 5.32 Å². The van der Waals surface area contributed by atoms with Crippen molar-refractivity contribution in [1.82, 2.24) is 4.98 Å². The first-order valence-corrected chi connectivity index (χ1v) is 8.39. The Kier molecular flexibility index (Phi) is 4.55. The fourth-order valence-electron chi connectivity index (χ4n) is 2.01. The molecule has 0 saturated heterocycles. The maximum absolute atomic E-state index is 4.73. The molecule has 1 aromatic carbocycles. The van der Waals surface area contributed by atoms with Gasteiger partial charge in [0.1, 0.15) is 0 Å². The van der Waals surface area contributed by atoms with Crippen LogP contribution in [0.1, 0.15) is 49.3 Å². The van der Waals surface area contributed by atoms with Gasteiger partial charge in [-0.1, -0.05) is 32.9 Å². The molecular formula is C16H21BrN2S. The Morgan fingerprint density at radius 1 is 1.25 bits per heavy atom. The molecule has 2 aromatic rings. The molecule has 0 saturated carbocycles. The highest BCUT2D eigenvalue weighted by atomic mass is 79.9. The molecule has 4 heteroatoms. The van der Waals surface area contributed by atoms with Crippen LogP contribution in [0.25, 0.3) is 0 Å². The molecule has 0 aliphatic heterocycles. The summed E-state index contributed by atoms with van der Waals surface area (Å²) in [6.07, 6.45) is 0. The number of hydrogen-bond acceptors (Lipinski definition) is 3. The number of aromatic nitrogens is 1. The second-order valence-electron chi connectivity index (χ2n) is 6.06. The predicted molar refractivity (Wildman–Crippen MR) is 91.7 cm³/mol. The van der Waals surface area contributed by atoms with Gasteiger partial charge in [0.25, 0.3) is 0 Å². The fraction of sp³-hybridized carbons (Fsp3) is 0.438. The van der Waals surface area contributed by atoms with Gasteiger partial charge in [0.05, 0.1) is 16.7 Å². The summed E-state index contributed by atoms with van der Waals surface area (Å²) in [5.74, 6) is 0. The van der Waals surface area contributed by atoms with E-state index in [9.17, 15) is 0 Å². The molecule has 0 aliphatic carbocycles. The smallest absolute Gasteiger partial charge is 0.0985 e. The third kappa shape index (κ3) is 3.41. The monoisotopic (exact) mass is 352 g/mol. The van der Waals surface area contributed by atoms with E-state index < -0.39 is 0 Å². The van der Waals surface area contributed by atoms with Crippen LogP contribution in [0.5, 0.6) is 0 Å². The summed E-state index contributed by atoms with van der Waals surface area (Å²) in [6.45, 7) is 10.9. The summed E-state index contributed by atoms with van der Waals surface area (Å²) in [7, 11) is 0. The van der Waals surface area contributed by atoms with Gasteiger partial charge in [-0.25, -0.2) is 4.98 Å². The standard InChI is InChI=1S/C16H21BrN2S/c1-10(18-13-9-7-6-8-12(13)17)14-11(2)19-15(20-14)16(3,4)5/h6-10,18H,1-5H3. The molecule has 2 nitrogen and oxygen atoms in total. The van der Waals surface area contributed by atoms with E-state index in [1.807, 2.05) is 23.5 Å². The molecule has 20 heavy (non-hydrogen) atoms. The Balaban J connectivity index is 2.24. The zero-order valence-electron chi connectivity index (χ0n) is 12.6. The van der Waals surface area contributed by atoms with Crippen molar-refractivity contribution >= 4 is 33.0 Å². The van der Waals surface area contributed by atoms with Crippen LogP contribution in [0.4, 0.5) is 5.69 Å². The third-order valence-corrected chi connectivity index (χ3v) is 5.57. The molecule has 0 spiro atoms. The van der Waals surface area contributed by atoms with E-state index in [1.54, 1.807) is 0 Å². The minimum absolute atomic E-state index is 0.112. The van der Waals surface area contributed by atoms with Gasteiger partial charge in [-0.15, -0.1) is 11.3 Å². The zero-order valence-corrected chi connectivity index (χ0v) is 15.0. The van der Waals surface area contributed by atoms with E-state index in [-0.39, 0.29) is 11.5 Å². The highest BCUT2D eigenvalue weighted by molar-refractivity contribution is 9.10. The third-order valence-electron chi connectivity index (χ3n) is 3.11. The van der Waals surface area contributed by atoms with E-state index in [0.717, 1.165) is 15.9 Å². The van der Waals surface area contributed by atoms with Crippen LogP contribution < -0.4 is 5.32 Å². The molecule has 1 unspecified atom stereocenters. The first kappa shape index (κ1) is 15.5. The molecule has 108 valence electrons. The number of aryl methyl sites for hydroxylation is 1. The first-order valence-electron chi connectivity index (χ1n) is 6.78. The summed E-state index contributed by atoms with van der Waals surface area (Å²) < 4.78 is 1.09. The van der Waals surface area contributed by atoms with Crippen LogP contribution in [0.3, 0.4) is 0 Å². The van der Waals surface area contributed by atoms with Crippen molar-refractivity contribution in [3.63, 3.8) is 0 Å². The SMILES string of the molecule is Cc1nc(C(C)(C)C)sc1C(C)Nc1ccccc1Br. The Bertz CT molecular complexity index is 599. The van der Waals surface area contributed by atoms with Gasteiger partial charge in [0.15, 0.2) is 0 Å². The van der Waals surface area contributed by atoms with Crippen molar-refractivity contribution in [3.05, 3.63) is 44.3 Å². The molecule has 0 aliphatic rings. The van der Waals surface area contributed by atoms with Crippen molar-refractivity contribution in [2.45, 2.75) is 46.1 Å². The Morgan fingerprint density at radius 2 is 1.90 bits per heavy atom. The van der Waals surface area contributed by atoms with Crippen LogP contribution in [-0.2, 0) is 5.41 Å². The molecule has 0 amide bonds. The second kappa shape index (κ2) is 5.86. The molecule has 2 rings (SSSR count). The number of rotatable bonds is 3. The van der Waals surface area contributed by atoms with Crippen molar-refractivity contribution in [1.29, 1.82) is 0 Å². The molecule has 0 fully saturated rings. The highest BCUT2D eigenvalue weighted by Crippen LogP contribution is 2.34. The predicted octanol–water partition coefficient (Wildman–Crippen LogP) is 5.68. The largest absolute Gasteiger partial charge is 0.377 e. The number of nitrogens with one attached hydrogen (secondary N) is 1. The topological polar surface area (TPSA) is 24.9 Å². The maximum atomic E-state index is 4.73. The van der Waals surface area contributed by atoms with Crippen LogP contribution in [0.2, 0.25) is 0 Å². The summed E-state index contributed by atoms with van der Waals surface area (Å²) >= 11 is 5.39. The minimum atomic E-state index is 0.112. The van der Waals surface area contributed by atoms with Crippen molar-refractivity contribution in [2.24, 2.45) is 0 Å². The van der Waals surface area contributed by atoms with Gasteiger partial charge in [-0.2, -0.15) is 0 Å². The van der Waals surface area contributed by atoms with Crippen LogP contribution in [-0.4, -0.2) is 4.98 Å². The fourth-order valence-corrected chi connectivity index (χ4v) is 3.53. The first-order chi connectivity index (χ1) is 9.29. The van der Waals surface area contributed by atoms with Gasteiger partial charge in [0.2, 0.25) is 0 Å². The van der Waals surface area contributed by atoms with E-state index in [1.165, 1.54) is 9.88 Å². The Labute approximate surface area is 133 Å².